The molecule has 5 rings (SSSR count). The predicted octanol–water partition coefficient (Wildman–Crippen LogP) is 3.36. The average Bonchev–Trinajstić information content (AvgIpc) is 3.30. The highest BCUT2D eigenvalue weighted by Gasteiger charge is 2.41. The molecule has 0 spiro atoms. The summed E-state index contributed by atoms with van der Waals surface area (Å²) >= 11 is 1.28. The fraction of sp³-hybridized carbons (Fsp3) is 0.0476. The standard InChI is InChI=1S/C21H12N4O5S/c26-18-17-13(11-5-2-1-3-6-11)10-31-19(17)23-15(22-18)9-24-20(27)12-7-4-8-14(25(29)30)16(12)21(24)28/h1-8,10H,9H2,(H,22,23,26). The third-order valence-corrected chi connectivity index (χ3v) is 5.93. The Labute approximate surface area is 177 Å². The first-order valence-corrected chi connectivity index (χ1v) is 10.0. The van der Waals surface area contributed by atoms with Crippen LogP contribution in [0.5, 0.6) is 0 Å². The number of hydrogen-bond acceptors (Lipinski definition) is 7. The normalized spacial score (nSPS) is 13.1. The lowest BCUT2D eigenvalue weighted by Crippen LogP contribution is -2.31. The van der Waals surface area contributed by atoms with Crippen molar-refractivity contribution >= 4 is 39.1 Å². The fourth-order valence-electron chi connectivity index (χ4n) is 3.66. The zero-order valence-corrected chi connectivity index (χ0v) is 16.5. The number of fused-ring (bicyclic) bond motifs is 2. The van der Waals surface area contributed by atoms with E-state index in [4.69, 9.17) is 0 Å². The van der Waals surface area contributed by atoms with Gasteiger partial charge < -0.3 is 4.98 Å². The van der Waals surface area contributed by atoms with E-state index in [1.165, 1.54) is 29.5 Å². The molecule has 0 atom stereocenters. The Hall–Kier alpha value is -4.18. The lowest BCUT2D eigenvalue weighted by molar-refractivity contribution is -0.385. The Morgan fingerprint density at radius 1 is 1.00 bits per heavy atom. The van der Waals surface area contributed by atoms with Crippen LogP contribution in [-0.4, -0.2) is 31.6 Å². The lowest BCUT2D eigenvalue weighted by atomic mass is 10.1. The molecule has 2 amide bonds. The Morgan fingerprint density at radius 3 is 2.52 bits per heavy atom. The summed E-state index contributed by atoms with van der Waals surface area (Å²) < 4.78 is 0. The van der Waals surface area contributed by atoms with E-state index >= 15 is 0 Å². The van der Waals surface area contributed by atoms with Gasteiger partial charge in [-0.15, -0.1) is 11.3 Å². The molecule has 152 valence electrons. The number of thiophene rings is 1. The molecule has 1 aliphatic rings. The van der Waals surface area contributed by atoms with Crippen molar-refractivity contribution in [2.24, 2.45) is 0 Å². The summed E-state index contributed by atoms with van der Waals surface area (Å²) in [5.41, 5.74) is 0.524. The van der Waals surface area contributed by atoms with Crippen LogP contribution in [0.1, 0.15) is 26.5 Å². The topological polar surface area (TPSA) is 126 Å². The van der Waals surface area contributed by atoms with Crippen LogP contribution in [0, 0.1) is 10.1 Å². The van der Waals surface area contributed by atoms with Gasteiger partial charge in [0.25, 0.3) is 23.1 Å². The molecule has 2 aromatic carbocycles. The average molecular weight is 432 g/mol. The number of benzene rings is 2. The van der Waals surface area contributed by atoms with E-state index in [9.17, 15) is 24.5 Å². The van der Waals surface area contributed by atoms with Crippen LogP contribution in [0.15, 0.2) is 58.7 Å². The van der Waals surface area contributed by atoms with Gasteiger partial charge >= 0.3 is 0 Å². The molecular weight excluding hydrogens is 420 g/mol. The Bertz CT molecular complexity index is 1460. The summed E-state index contributed by atoms with van der Waals surface area (Å²) in [5, 5.41) is 13.5. The maximum atomic E-state index is 12.8. The highest BCUT2D eigenvalue weighted by Crippen LogP contribution is 2.33. The van der Waals surface area contributed by atoms with Crippen molar-refractivity contribution in [3.05, 3.63) is 91.3 Å². The number of aromatic nitrogens is 2. The van der Waals surface area contributed by atoms with Crippen molar-refractivity contribution in [1.82, 2.24) is 14.9 Å². The molecule has 31 heavy (non-hydrogen) atoms. The number of hydrogen-bond donors (Lipinski definition) is 1. The number of H-pyrrole nitrogens is 1. The number of aromatic amines is 1. The number of amides is 2. The second kappa shape index (κ2) is 6.96. The van der Waals surface area contributed by atoms with Crippen LogP contribution in [0.2, 0.25) is 0 Å². The first-order chi connectivity index (χ1) is 15.0. The van der Waals surface area contributed by atoms with Gasteiger partial charge in [0.2, 0.25) is 0 Å². The zero-order valence-electron chi connectivity index (χ0n) is 15.7. The molecule has 0 saturated carbocycles. The van der Waals surface area contributed by atoms with Crippen molar-refractivity contribution in [3.8, 4) is 11.1 Å². The van der Waals surface area contributed by atoms with Gasteiger partial charge in [-0.2, -0.15) is 0 Å². The van der Waals surface area contributed by atoms with Gasteiger partial charge in [0.05, 0.1) is 22.4 Å². The number of nitrogens with one attached hydrogen (secondary N) is 1. The van der Waals surface area contributed by atoms with Crippen LogP contribution in [-0.2, 0) is 6.54 Å². The number of nitro groups is 1. The molecular formula is C21H12N4O5S. The Kier molecular flexibility index (Phi) is 4.22. The zero-order chi connectivity index (χ0) is 21.7. The summed E-state index contributed by atoms with van der Waals surface area (Å²) in [4.78, 5) is 57.2. The number of nitrogens with zero attached hydrogens (tertiary/aromatic N) is 3. The monoisotopic (exact) mass is 432 g/mol. The molecule has 0 unspecified atom stereocenters. The van der Waals surface area contributed by atoms with Gasteiger partial charge in [-0.25, -0.2) is 4.98 Å². The number of nitro benzene ring substituents is 1. The van der Waals surface area contributed by atoms with Crippen molar-refractivity contribution in [2.45, 2.75) is 6.54 Å². The van der Waals surface area contributed by atoms with Crippen molar-refractivity contribution in [1.29, 1.82) is 0 Å². The number of imide groups is 1. The van der Waals surface area contributed by atoms with Gasteiger partial charge in [0.15, 0.2) is 0 Å². The quantitative estimate of drug-likeness (QED) is 0.299. The third kappa shape index (κ3) is 2.92. The maximum absolute atomic E-state index is 12.8. The third-order valence-electron chi connectivity index (χ3n) is 5.06. The van der Waals surface area contributed by atoms with E-state index in [1.54, 1.807) is 0 Å². The maximum Gasteiger partial charge on any atom is 0.282 e. The second-order valence-corrected chi connectivity index (χ2v) is 7.72. The highest BCUT2D eigenvalue weighted by molar-refractivity contribution is 7.17. The summed E-state index contributed by atoms with van der Waals surface area (Å²) in [7, 11) is 0. The first kappa shape index (κ1) is 18.8. The summed E-state index contributed by atoms with van der Waals surface area (Å²) in [6, 6.07) is 13.3. The minimum Gasteiger partial charge on any atom is -0.308 e. The largest absolute Gasteiger partial charge is 0.308 e. The van der Waals surface area contributed by atoms with Crippen molar-refractivity contribution < 1.29 is 14.5 Å². The van der Waals surface area contributed by atoms with Crippen LogP contribution in [0.3, 0.4) is 0 Å². The van der Waals surface area contributed by atoms with Gasteiger partial charge in [0.1, 0.15) is 16.2 Å². The molecule has 4 aromatic rings. The molecule has 0 aliphatic carbocycles. The number of carbonyl (C=O) groups is 2. The van der Waals surface area contributed by atoms with E-state index < -0.39 is 22.4 Å². The summed E-state index contributed by atoms with van der Waals surface area (Å²) in [6.07, 6.45) is 0. The minimum absolute atomic E-state index is 0.0369. The second-order valence-electron chi connectivity index (χ2n) is 6.86. The number of carbonyl (C=O) groups excluding carboxylic acids is 2. The van der Waals surface area contributed by atoms with Crippen LogP contribution in [0.25, 0.3) is 21.3 Å². The lowest BCUT2D eigenvalue weighted by Gasteiger charge is -2.12. The summed E-state index contributed by atoms with van der Waals surface area (Å²) in [5.74, 6) is -1.33. The highest BCUT2D eigenvalue weighted by atomic mass is 32.1. The van der Waals surface area contributed by atoms with Crippen molar-refractivity contribution in [2.75, 3.05) is 0 Å². The molecule has 10 heteroatoms. The van der Waals surface area contributed by atoms with Crippen molar-refractivity contribution in [3.63, 3.8) is 0 Å². The number of rotatable bonds is 4. The minimum atomic E-state index is -0.786. The van der Waals surface area contributed by atoms with Crippen LogP contribution >= 0.6 is 11.3 Å². The van der Waals surface area contributed by atoms with Gasteiger partial charge in [-0.1, -0.05) is 36.4 Å². The van der Waals surface area contributed by atoms with Gasteiger partial charge in [-0.05, 0) is 11.6 Å². The Morgan fingerprint density at radius 2 is 1.77 bits per heavy atom. The van der Waals surface area contributed by atoms with Crippen LogP contribution in [0.4, 0.5) is 5.69 Å². The molecule has 0 bridgehead atoms. The predicted molar refractivity (Wildman–Crippen MR) is 113 cm³/mol. The summed E-state index contributed by atoms with van der Waals surface area (Å²) in [6.45, 7) is -0.298. The molecule has 2 aromatic heterocycles. The molecule has 1 N–H and O–H groups in total. The molecule has 3 heterocycles. The van der Waals surface area contributed by atoms with Gasteiger partial charge in [0, 0.05) is 17.0 Å². The first-order valence-electron chi connectivity index (χ1n) is 9.15. The van der Waals surface area contributed by atoms with E-state index in [1.807, 2.05) is 35.7 Å². The molecule has 9 nitrogen and oxygen atoms in total. The SMILES string of the molecule is O=C1c2cccc([N+](=O)[O-])c2C(=O)N1Cc1nc2scc(-c3ccccc3)c2c(=O)[nH]1. The molecule has 1 aliphatic heterocycles. The smallest absolute Gasteiger partial charge is 0.282 e. The fourth-order valence-corrected chi connectivity index (χ4v) is 4.63. The van der Waals surface area contributed by atoms with E-state index in [0.717, 1.165) is 16.0 Å². The molecule has 0 saturated heterocycles. The van der Waals surface area contributed by atoms with Crippen LogP contribution < -0.4 is 5.56 Å². The van der Waals surface area contributed by atoms with E-state index in [-0.39, 0.29) is 29.1 Å². The van der Waals surface area contributed by atoms with E-state index in [2.05, 4.69) is 9.97 Å². The van der Waals surface area contributed by atoms with E-state index in [0.29, 0.717) is 10.2 Å². The molecule has 0 radical (unpaired) electrons. The molecule has 0 fully saturated rings. The Balaban J connectivity index is 1.53. The van der Waals surface area contributed by atoms with Gasteiger partial charge in [-0.3, -0.25) is 29.4 Å².